The lowest BCUT2D eigenvalue weighted by Gasteiger charge is -2.27. The highest BCUT2D eigenvalue weighted by Gasteiger charge is 2.44. The highest BCUT2D eigenvalue weighted by molar-refractivity contribution is 6.23. The summed E-state index contributed by atoms with van der Waals surface area (Å²) in [5.74, 6) is -0.884. The van der Waals surface area contributed by atoms with E-state index in [1.807, 2.05) is 20.8 Å². The summed E-state index contributed by atoms with van der Waals surface area (Å²) in [4.78, 5) is 58.9. The van der Waals surface area contributed by atoms with Gasteiger partial charge in [-0.25, -0.2) is 9.97 Å². The zero-order chi connectivity index (χ0) is 21.6. The summed E-state index contributed by atoms with van der Waals surface area (Å²) in [5, 5.41) is 5.32. The van der Waals surface area contributed by atoms with Crippen molar-refractivity contribution in [2.24, 2.45) is 0 Å². The highest BCUT2D eigenvalue weighted by atomic mass is 16.2. The van der Waals surface area contributed by atoms with E-state index in [9.17, 15) is 19.2 Å². The molecule has 9 nitrogen and oxygen atoms in total. The average molecular weight is 407 g/mol. The number of benzene rings is 1. The molecule has 2 N–H and O–H groups in total. The number of aromatic nitrogens is 2. The monoisotopic (exact) mass is 407 g/mol. The Morgan fingerprint density at radius 3 is 2.50 bits per heavy atom. The largest absolute Gasteiger partial charge is 0.340 e. The second-order valence-electron chi connectivity index (χ2n) is 8.35. The Kier molecular flexibility index (Phi) is 4.60. The molecule has 30 heavy (non-hydrogen) atoms. The van der Waals surface area contributed by atoms with Crippen molar-refractivity contribution in [2.75, 3.05) is 5.32 Å². The molecule has 0 aliphatic carbocycles. The van der Waals surface area contributed by atoms with Crippen molar-refractivity contribution in [3.8, 4) is 0 Å². The summed E-state index contributed by atoms with van der Waals surface area (Å²) in [6, 6.07) is 5.53. The first kappa shape index (κ1) is 19.7. The third-order valence-corrected chi connectivity index (χ3v) is 5.04. The molecule has 1 saturated heterocycles. The number of nitrogens with zero attached hydrogens (tertiary/aromatic N) is 3. The van der Waals surface area contributed by atoms with E-state index >= 15 is 0 Å². The van der Waals surface area contributed by atoms with E-state index in [2.05, 4.69) is 20.6 Å². The van der Waals surface area contributed by atoms with Gasteiger partial charge in [0.05, 0.1) is 11.1 Å². The molecule has 1 aromatic carbocycles. The van der Waals surface area contributed by atoms with E-state index in [1.165, 1.54) is 0 Å². The number of carbonyl (C=O) groups excluding carboxylic acids is 4. The van der Waals surface area contributed by atoms with Crippen LogP contribution in [0.2, 0.25) is 0 Å². The van der Waals surface area contributed by atoms with Gasteiger partial charge >= 0.3 is 0 Å². The molecule has 2 aliphatic heterocycles. The molecule has 0 saturated carbocycles. The summed E-state index contributed by atoms with van der Waals surface area (Å²) in [6.45, 7) is 6.03. The van der Waals surface area contributed by atoms with E-state index in [0.29, 0.717) is 17.3 Å². The summed E-state index contributed by atoms with van der Waals surface area (Å²) in [6.07, 6.45) is 1.86. The summed E-state index contributed by atoms with van der Waals surface area (Å²) in [7, 11) is 0. The number of carbonyl (C=O) groups is 4. The van der Waals surface area contributed by atoms with Crippen LogP contribution in [-0.4, -0.2) is 44.5 Å². The van der Waals surface area contributed by atoms with Gasteiger partial charge < -0.3 is 5.32 Å². The van der Waals surface area contributed by atoms with Crippen molar-refractivity contribution in [3.63, 3.8) is 0 Å². The number of piperidine rings is 1. The van der Waals surface area contributed by atoms with Crippen LogP contribution in [0.4, 0.5) is 11.5 Å². The Bertz CT molecular complexity index is 1090. The molecule has 1 atom stereocenters. The molecule has 0 bridgehead atoms. The van der Waals surface area contributed by atoms with Crippen LogP contribution >= 0.6 is 0 Å². The summed E-state index contributed by atoms with van der Waals surface area (Å²) < 4.78 is 0. The molecule has 1 unspecified atom stereocenters. The Hall–Kier alpha value is -3.62. The second kappa shape index (κ2) is 7.01. The van der Waals surface area contributed by atoms with Gasteiger partial charge in [-0.2, -0.15) is 0 Å². The Labute approximate surface area is 172 Å². The van der Waals surface area contributed by atoms with Crippen LogP contribution in [0.5, 0.6) is 0 Å². The molecule has 3 heterocycles. The summed E-state index contributed by atoms with van der Waals surface area (Å²) >= 11 is 0. The predicted octanol–water partition coefficient (Wildman–Crippen LogP) is 1.92. The van der Waals surface area contributed by atoms with Crippen LogP contribution in [0.15, 0.2) is 30.5 Å². The number of hydrogen-bond donors (Lipinski definition) is 2. The van der Waals surface area contributed by atoms with Crippen LogP contribution < -0.4 is 10.6 Å². The summed E-state index contributed by atoms with van der Waals surface area (Å²) in [5.41, 5.74) is 0.798. The fraction of sp³-hybridized carbons (Fsp3) is 0.333. The molecule has 9 heteroatoms. The van der Waals surface area contributed by atoms with E-state index in [-0.39, 0.29) is 29.4 Å². The lowest BCUT2D eigenvalue weighted by Crippen LogP contribution is -2.54. The standard InChI is InChI=1S/C21H21N5O4/c1-21(2,3)20-22-9-8-15(24-20)23-11-4-5-12-13(10-11)19(30)26(18(12)29)14-6-7-16(27)25-17(14)28/h4-5,8-10,14H,6-7H2,1-3H3,(H,22,23,24)(H,25,27,28). The van der Waals surface area contributed by atoms with Gasteiger partial charge in [-0.3, -0.25) is 29.4 Å². The lowest BCUT2D eigenvalue weighted by molar-refractivity contribution is -0.136. The number of amides is 4. The zero-order valence-electron chi connectivity index (χ0n) is 16.9. The average Bonchev–Trinajstić information content (AvgIpc) is 2.92. The molecule has 2 aliphatic rings. The van der Waals surface area contributed by atoms with Gasteiger partial charge in [-0.05, 0) is 30.7 Å². The topological polar surface area (TPSA) is 121 Å². The third kappa shape index (κ3) is 3.42. The Morgan fingerprint density at radius 1 is 1.07 bits per heavy atom. The van der Waals surface area contributed by atoms with E-state index in [1.54, 1.807) is 30.5 Å². The first-order valence-corrected chi connectivity index (χ1v) is 9.61. The minimum absolute atomic E-state index is 0.0838. The van der Waals surface area contributed by atoms with Gasteiger partial charge in [0.25, 0.3) is 11.8 Å². The fourth-order valence-corrected chi connectivity index (χ4v) is 3.49. The first-order valence-electron chi connectivity index (χ1n) is 9.61. The molecule has 0 radical (unpaired) electrons. The van der Waals surface area contributed by atoms with Crippen LogP contribution in [-0.2, 0) is 15.0 Å². The lowest BCUT2D eigenvalue weighted by atomic mass is 9.96. The third-order valence-electron chi connectivity index (χ3n) is 5.04. The smallest absolute Gasteiger partial charge is 0.262 e. The van der Waals surface area contributed by atoms with Crippen molar-refractivity contribution >= 4 is 35.1 Å². The Balaban J connectivity index is 1.60. The van der Waals surface area contributed by atoms with Gasteiger partial charge in [0.15, 0.2) is 0 Å². The Morgan fingerprint density at radius 2 is 1.80 bits per heavy atom. The highest BCUT2D eigenvalue weighted by Crippen LogP contribution is 2.30. The van der Waals surface area contributed by atoms with Crippen LogP contribution in [0.25, 0.3) is 0 Å². The number of fused-ring (bicyclic) bond motifs is 1. The number of rotatable bonds is 3. The van der Waals surface area contributed by atoms with Crippen molar-refractivity contribution in [1.82, 2.24) is 20.2 Å². The van der Waals surface area contributed by atoms with Crippen molar-refractivity contribution in [2.45, 2.75) is 45.1 Å². The SMILES string of the molecule is CC(C)(C)c1nccc(Nc2ccc3c(c2)C(=O)N(C2CCC(=O)NC2=O)C3=O)n1. The predicted molar refractivity (Wildman–Crippen MR) is 107 cm³/mol. The zero-order valence-corrected chi connectivity index (χ0v) is 16.9. The molecular weight excluding hydrogens is 386 g/mol. The van der Waals surface area contributed by atoms with Gasteiger partial charge in [0, 0.05) is 23.7 Å². The quantitative estimate of drug-likeness (QED) is 0.746. The normalized spacial score (nSPS) is 19.0. The first-order chi connectivity index (χ1) is 14.1. The second-order valence-corrected chi connectivity index (χ2v) is 8.35. The van der Waals surface area contributed by atoms with Gasteiger partial charge in [0.2, 0.25) is 11.8 Å². The van der Waals surface area contributed by atoms with E-state index in [4.69, 9.17) is 0 Å². The molecule has 4 rings (SSSR count). The molecule has 4 amide bonds. The number of hydrogen-bond acceptors (Lipinski definition) is 7. The van der Waals surface area contributed by atoms with Crippen molar-refractivity contribution in [1.29, 1.82) is 0 Å². The maximum Gasteiger partial charge on any atom is 0.262 e. The number of anilines is 2. The molecule has 1 fully saturated rings. The minimum atomic E-state index is -0.984. The minimum Gasteiger partial charge on any atom is -0.340 e. The van der Waals surface area contributed by atoms with Gasteiger partial charge in [-0.1, -0.05) is 20.8 Å². The molecule has 1 aromatic heterocycles. The molecule has 154 valence electrons. The van der Waals surface area contributed by atoms with Crippen molar-refractivity contribution < 1.29 is 19.2 Å². The molecule has 0 spiro atoms. The maximum absolute atomic E-state index is 12.9. The maximum atomic E-state index is 12.9. The number of imide groups is 2. The molecule has 2 aromatic rings. The van der Waals surface area contributed by atoms with Crippen LogP contribution in [0.1, 0.15) is 60.2 Å². The van der Waals surface area contributed by atoms with Crippen molar-refractivity contribution in [3.05, 3.63) is 47.4 Å². The van der Waals surface area contributed by atoms with Gasteiger partial charge in [-0.15, -0.1) is 0 Å². The van der Waals surface area contributed by atoms with Gasteiger partial charge in [0.1, 0.15) is 17.7 Å². The van der Waals surface area contributed by atoms with E-state index < -0.39 is 29.7 Å². The van der Waals surface area contributed by atoms with E-state index in [0.717, 1.165) is 4.90 Å². The number of nitrogens with one attached hydrogen (secondary N) is 2. The van der Waals surface area contributed by atoms with Crippen LogP contribution in [0, 0.1) is 0 Å². The van der Waals surface area contributed by atoms with Crippen LogP contribution in [0.3, 0.4) is 0 Å². The fourth-order valence-electron chi connectivity index (χ4n) is 3.49. The molecular formula is C21H21N5O4.